The van der Waals surface area contributed by atoms with Crippen LogP contribution in [0.15, 0.2) is 21.5 Å². The van der Waals surface area contributed by atoms with Crippen molar-refractivity contribution in [3.8, 4) is 0 Å². The predicted octanol–water partition coefficient (Wildman–Crippen LogP) is 1.80. The molecule has 96 valence electrons. The molecular weight excluding hydrogens is 232 g/mol. The van der Waals surface area contributed by atoms with Crippen molar-refractivity contribution in [2.24, 2.45) is 0 Å². The molecule has 0 saturated heterocycles. The van der Waals surface area contributed by atoms with Crippen LogP contribution in [0.3, 0.4) is 0 Å². The van der Waals surface area contributed by atoms with Crippen molar-refractivity contribution in [3.63, 3.8) is 0 Å². The van der Waals surface area contributed by atoms with Crippen LogP contribution in [0.1, 0.15) is 37.2 Å². The molecule has 0 aliphatic rings. The molecule has 2 aromatic rings. The van der Waals surface area contributed by atoms with Gasteiger partial charge >= 0.3 is 0 Å². The van der Waals surface area contributed by atoms with Crippen molar-refractivity contribution in [1.29, 1.82) is 0 Å². The van der Waals surface area contributed by atoms with Gasteiger partial charge in [0.25, 0.3) is 5.56 Å². The van der Waals surface area contributed by atoms with E-state index in [0.29, 0.717) is 24.1 Å². The molecule has 2 aromatic heterocycles. The Morgan fingerprint density at radius 1 is 1.50 bits per heavy atom. The largest absolute Gasteiger partial charge is 0.444 e. The molecule has 0 unspecified atom stereocenters. The molecule has 0 amide bonds. The fourth-order valence-electron chi connectivity index (χ4n) is 1.49. The Balaban J connectivity index is 2.11. The van der Waals surface area contributed by atoms with E-state index in [2.05, 4.69) is 20.3 Å². The van der Waals surface area contributed by atoms with Crippen LogP contribution in [-0.2, 0) is 6.54 Å². The quantitative estimate of drug-likeness (QED) is 0.862. The zero-order valence-corrected chi connectivity index (χ0v) is 10.7. The number of oxazole rings is 1. The van der Waals surface area contributed by atoms with Gasteiger partial charge in [-0.15, -0.1) is 0 Å². The SMILES string of the molecule is Cc1cnc(CNc2cc(=O)[nH]c(C(C)C)n2)o1. The monoisotopic (exact) mass is 248 g/mol. The molecule has 0 fully saturated rings. The summed E-state index contributed by atoms with van der Waals surface area (Å²) < 4.78 is 5.33. The molecule has 18 heavy (non-hydrogen) atoms. The van der Waals surface area contributed by atoms with E-state index in [1.54, 1.807) is 6.20 Å². The van der Waals surface area contributed by atoms with Crippen LogP contribution in [0.4, 0.5) is 5.82 Å². The molecular formula is C12H16N4O2. The number of aryl methyl sites for hydroxylation is 1. The Hall–Kier alpha value is -2.11. The van der Waals surface area contributed by atoms with Crippen LogP contribution in [0, 0.1) is 6.92 Å². The first kappa shape index (κ1) is 12.3. The Morgan fingerprint density at radius 3 is 2.89 bits per heavy atom. The van der Waals surface area contributed by atoms with Crippen LogP contribution in [-0.4, -0.2) is 15.0 Å². The highest BCUT2D eigenvalue weighted by atomic mass is 16.4. The highest BCUT2D eigenvalue weighted by Crippen LogP contribution is 2.10. The van der Waals surface area contributed by atoms with Crippen molar-refractivity contribution in [3.05, 3.63) is 40.1 Å². The summed E-state index contributed by atoms with van der Waals surface area (Å²) in [4.78, 5) is 22.5. The average molecular weight is 248 g/mol. The van der Waals surface area contributed by atoms with Gasteiger partial charge in [-0.05, 0) is 6.92 Å². The number of H-pyrrole nitrogens is 1. The van der Waals surface area contributed by atoms with Gasteiger partial charge in [0.15, 0.2) is 0 Å². The second kappa shape index (κ2) is 5.03. The molecule has 2 heterocycles. The summed E-state index contributed by atoms with van der Waals surface area (Å²) in [5.74, 6) is 2.68. The second-order valence-electron chi connectivity index (χ2n) is 4.39. The van der Waals surface area contributed by atoms with E-state index in [0.717, 1.165) is 5.76 Å². The van der Waals surface area contributed by atoms with Gasteiger partial charge in [0, 0.05) is 12.0 Å². The fourth-order valence-corrected chi connectivity index (χ4v) is 1.49. The number of hydrogen-bond acceptors (Lipinski definition) is 5. The number of aromatic amines is 1. The topological polar surface area (TPSA) is 83.8 Å². The van der Waals surface area contributed by atoms with Gasteiger partial charge in [0.2, 0.25) is 5.89 Å². The lowest BCUT2D eigenvalue weighted by atomic mass is 10.2. The predicted molar refractivity (Wildman–Crippen MR) is 67.5 cm³/mol. The van der Waals surface area contributed by atoms with E-state index in [9.17, 15) is 4.79 Å². The van der Waals surface area contributed by atoms with Crippen molar-refractivity contribution >= 4 is 5.82 Å². The first-order valence-electron chi connectivity index (χ1n) is 5.81. The Bertz CT molecular complexity index is 586. The lowest BCUT2D eigenvalue weighted by Gasteiger charge is -2.07. The van der Waals surface area contributed by atoms with E-state index < -0.39 is 0 Å². The summed E-state index contributed by atoms with van der Waals surface area (Å²) in [6.45, 7) is 6.18. The van der Waals surface area contributed by atoms with Crippen LogP contribution in [0.5, 0.6) is 0 Å². The minimum atomic E-state index is -0.167. The molecule has 0 aliphatic carbocycles. The van der Waals surface area contributed by atoms with Crippen molar-refractivity contribution in [1.82, 2.24) is 15.0 Å². The van der Waals surface area contributed by atoms with Crippen LogP contribution < -0.4 is 10.9 Å². The Morgan fingerprint density at radius 2 is 2.28 bits per heavy atom. The first-order chi connectivity index (χ1) is 8.54. The Kier molecular flexibility index (Phi) is 3.45. The Labute approximate surface area is 104 Å². The van der Waals surface area contributed by atoms with Crippen LogP contribution >= 0.6 is 0 Å². The van der Waals surface area contributed by atoms with Crippen molar-refractivity contribution in [2.75, 3.05) is 5.32 Å². The minimum absolute atomic E-state index is 0.167. The van der Waals surface area contributed by atoms with E-state index in [4.69, 9.17) is 4.42 Å². The molecule has 2 N–H and O–H groups in total. The molecule has 0 bridgehead atoms. The highest BCUT2D eigenvalue weighted by Gasteiger charge is 2.06. The minimum Gasteiger partial charge on any atom is -0.444 e. The summed E-state index contributed by atoms with van der Waals surface area (Å²) >= 11 is 0. The molecule has 0 aromatic carbocycles. The number of anilines is 1. The lowest BCUT2D eigenvalue weighted by Crippen LogP contribution is -2.14. The van der Waals surface area contributed by atoms with Gasteiger partial charge in [-0.2, -0.15) is 0 Å². The van der Waals surface area contributed by atoms with Gasteiger partial charge in [0.05, 0.1) is 12.7 Å². The van der Waals surface area contributed by atoms with Gasteiger partial charge < -0.3 is 14.7 Å². The van der Waals surface area contributed by atoms with Gasteiger partial charge in [-0.1, -0.05) is 13.8 Å². The smallest absolute Gasteiger partial charge is 0.252 e. The molecule has 0 atom stereocenters. The number of aromatic nitrogens is 3. The molecule has 2 rings (SSSR count). The number of nitrogens with zero attached hydrogens (tertiary/aromatic N) is 2. The van der Waals surface area contributed by atoms with Gasteiger partial charge in [-0.3, -0.25) is 4.79 Å². The van der Waals surface area contributed by atoms with Crippen molar-refractivity contribution in [2.45, 2.75) is 33.2 Å². The second-order valence-corrected chi connectivity index (χ2v) is 4.39. The zero-order chi connectivity index (χ0) is 13.1. The maximum Gasteiger partial charge on any atom is 0.252 e. The average Bonchev–Trinajstić information content (AvgIpc) is 2.72. The van der Waals surface area contributed by atoms with E-state index in [-0.39, 0.29) is 11.5 Å². The number of rotatable bonds is 4. The van der Waals surface area contributed by atoms with Crippen molar-refractivity contribution < 1.29 is 4.42 Å². The third-order valence-electron chi connectivity index (χ3n) is 2.40. The van der Waals surface area contributed by atoms with E-state index in [1.807, 2.05) is 20.8 Å². The summed E-state index contributed by atoms with van der Waals surface area (Å²) in [5, 5.41) is 3.02. The number of nitrogens with one attached hydrogen (secondary N) is 2. The fraction of sp³-hybridized carbons (Fsp3) is 0.417. The van der Waals surface area contributed by atoms with Gasteiger partial charge in [-0.25, -0.2) is 9.97 Å². The highest BCUT2D eigenvalue weighted by molar-refractivity contribution is 5.33. The third kappa shape index (κ3) is 2.97. The lowest BCUT2D eigenvalue weighted by molar-refractivity contribution is 0.478. The summed E-state index contributed by atoms with van der Waals surface area (Å²) in [5.41, 5.74) is -0.167. The molecule has 6 nitrogen and oxygen atoms in total. The molecule has 6 heteroatoms. The number of hydrogen-bond donors (Lipinski definition) is 2. The maximum atomic E-state index is 11.5. The summed E-state index contributed by atoms with van der Waals surface area (Å²) in [7, 11) is 0. The first-order valence-corrected chi connectivity index (χ1v) is 5.81. The maximum absolute atomic E-state index is 11.5. The molecule has 0 saturated carbocycles. The molecule has 0 aliphatic heterocycles. The van der Waals surface area contributed by atoms with E-state index in [1.165, 1.54) is 6.07 Å². The standard InChI is InChI=1S/C12H16N4O2/c1-7(2)12-15-9(4-10(17)16-12)13-6-11-14-5-8(3)18-11/h4-5,7H,6H2,1-3H3,(H2,13,15,16,17). The molecule has 0 radical (unpaired) electrons. The summed E-state index contributed by atoms with van der Waals surface area (Å²) in [6.07, 6.45) is 1.65. The van der Waals surface area contributed by atoms with Crippen LogP contribution in [0.25, 0.3) is 0 Å². The third-order valence-corrected chi connectivity index (χ3v) is 2.40. The van der Waals surface area contributed by atoms with Gasteiger partial charge in [0.1, 0.15) is 17.4 Å². The summed E-state index contributed by atoms with van der Waals surface area (Å²) in [6, 6.07) is 1.42. The molecule has 0 spiro atoms. The normalized spacial score (nSPS) is 10.9. The van der Waals surface area contributed by atoms with E-state index >= 15 is 0 Å². The van der Waals surface area contributed by atoms with Crippen LogP contribution in [0.2, 0.25) is 0 Å². The zero-order valence-electron chi connectivity index (χ0n) is 10.7.